The Morgan fingerprint density at radius 3 is 2.50 bits per heavy atom. The van der Waals surface area contributed by atoms with E-state index in [1.807, 2.05) is 30.4 Å². The van der Waals surface area contributed by atoms with Crippen LogP contribution in [0.15, 0.2) is 48.1 Å². The number of rotatable bonds is 1. The summed E-state index contributed by atoms with van der Waals surface area (Å²) in [6, 6.07) is 0. The van der Waals surface area contributed by atoms with Gasteiger partial charge in [0.2, 0.25) is 0 Å². The standard InChI is InChI=1S/C9H9Br/c10-8-9-6-4-2-1-3-5-7-9/h1-7H,8H2. The Balaban J connectivity index is 2.73. The molecule has 0 aromatic heterocycles. The van der Waals surface area contributed by atoms with Crippen LogP contribution in [0, 0.1) is 0 Å². The summed E-state index contributed by atoms with van der Waals surface area (Å²) in [6.45, 7) is 0. The summed E-state index contributed by atoms with van der Waals surface area (Å²) < 4.78 is 0. The van der Waals surface area contributed by atoms with Crippen molar-refractivity contribution in [3.05, 3.63) is 48.1 Å². The van der Waals surface area contributed by atoms with Crippen molar-refractivity contribution in [1.29, 1.82) is 0 Å². The molecule has 0 bridgehead atoms. The fourth-order valence-electron chi connectivity index (χ4n) is 0.695. The maximum absolute atomic E-state index is 3.39. The van der Waals surface area contributed by atoms with E-state index < -0.39 is 0 Å². The fraction of sp³-hybridized carbons (Fsp3) is 0.111. The molecule has 0 saturated carbocycles. The molecule has 0 atom stereocenters. The van der Waals surface area contributed by atoms with Gasteiger partial charge in [-0.3, -0.25) is 0 Å². The van der Waals surface area contributed by atoms with Crippen LogP contribution in [0.2, 0.25) is 0 Å². The lowest BCUT2D eigenvalue weighted by atomic mass is 10.2. The smallest absolute Gasteiger partial charge is 0.0283 e. The quantitative estimate of drug-likeness (QED) is 0.567. The molecule has 1 heteroatoms. The minimum atomic E-state index is 0.918. The second-order valence-corrected chi connectivity index (χ2v) is 2.56. The molecule has 10 heavy (non-hydrogen) atoms. The van der Waals surface area contributed by atoms with Crippen molar-refractivity contribution in [2.24, 2.45) is 0 Å². The molecule has 0 nitrogen and oxygen atoms in total. The predicted molar refractivity (Wildman–Crippen MR) is 49.3 cm³/mol. The van der Waals surface area contributed by atoms with Gasteiger partial charge in [0.25, 0.3) is 0 Å². The van der Waals surface area contributed by atoms with Crippen LogP contribution < -0.4 is 0 Å². The second-order valence-electron chi connectivity index (χ2n) is 2.00. The first-order valence-corrected chi connectivity index (χ1v) is 4.32. The van der Waals surface area contributed by atoms with E-state index >= 15 is 0 Å². The van der Waals surface area contributed by atoms with Crippen molar-refractivity contribution in [3.8, 4) is 0 Å². The molecule has 0 spiro atoms. The molecule has 0 saturated heterocycles. The van der Waals surface area contributed by atoms with Crippen LogP contribution in [0.3, 0.4) is 0 Å². The van der Waals surface area contributed by atoms with Gasteiger partial charge >= 0.3 is 0 Å². The van der Waals surface area contributed by atoms with E-state index in [0.29, 0.717) is 0 Å². The van der Waals surface area contributed by atoms with Crippen LogP contribution in [0.4, 0.5) is 0 Å². The van der Waals surface area contributed by atoms with Gasteiger partial charge in [-0.15, -0.1) is 0 Å². The fourth-order valence-corrected chi connectivity index (χ4v) is 1.07. The number of halogens is 1. The first-order valence-electron chi connectivity index (χ1n) is 3.20. The molecule has 0 fully saturated rings. The maximum atomic E-state index is 3.39. The number of hydrogen-bond acceptors (Lipinski definition) is 0. The lowest BCUT2D eigenvalue weighted by Gasteiger charge is -1.92. The molecular formula is C9H9Br. The summed E-state index contributed by atoms with van der Waals surface area (Å²) in [5.74, 6) is 0. The Labute approximate surface area is 69.8 Å². The molecule has 52 valence electrons. The van der Waals surface area contributed by atoms with Gasteiger partial charge in [0.05, 0.1) is 0 Å². The van der Waals surface area contributed by atoms with Gasteiger partial charge in [-0.25, -0.2) is 0 Å². The zero-order valence-corrected chi connectivity index (χ0v) is 7.21. The molecule has 0 heterocycles. The van der Waals surface area contributed by atoms with Crippen molar-refractivity contribution < 1.29 is 0 Å². The Bertz CT molecular complexity index is 207. The molecule has 1 aliphatic carbocycles. The normalized spacial score (nSPS) is 16.3. The van der Waals surface area contributed by atoms with Crippen molar-refractivity contribution in [2.75, 3.05) is 5.33 Å². The molecule has 0 aliphatic heterocycles. The van der Waals surface area contributed by atoms with Crippen molar-refractivity contribution in [3.63, 3.8) is 0 Å². The molecule has 0 radical (unpaired) electrons. The van der Waals surface area contributed by atoms with Gasteiger partial charge in [0.1, 0.15) is 0 Å². The Kier molecular flexibility index (Phi) is 3.23. The highest BCUT2D eigenvalue weighted by atomic mass is 79.9. The van der Waals surface area contributed by atoms with E-state index in [-0.39, 0.29) is 0 Å². The minimum Gasteiger partial charge on any atom is -0.0876 e. The average molecular weight is 197 g/mol. The van der Waals surface area contributed by atoms with Gasteiger partial charge in [-0.05, 0) is 5.57 Å². The maximum Gasteiger partial charge on any atom is 0.0283 e. The van der Waals surface area contributed by atoms with E-state index in [1.54, 1.807) is 0 Å². The van der Waals surface area contributed by atoms with Gasteiger partial charge in [-0.2, -0.15) is 0 Å². The monoisotopic (exact) mass is 196 g/mol. The minimum absolute atomic E-state index is 0.918. The summed E-state index contributed by atoms with van der Waals surface area (Å²) in [5.41, 5.74) is 1.29. The van der Waals surface area contributed by atoms with Crippen LogP contribution in [-0.4, -0.2) is 5.33 Å². The summed E-state index contributed by atoms with van der Waals surface area (Å²) in [7, 11) is 0. The molecular weight excluding hydrogens is 188 g/mol. The topological polar surface area (TPSA) is 0 Å². The van der Waals surface area contributed by atoms with E-state index in [4.69, 9.17) is 0 Å². The van der Waals surface area contributed by atoms with Gasteiger partial charge in [0, 0.05) is 5.33 Å². The third kappa shape index (κ3) is 2.36. The Hall–Kier alpha value is -0.560. The van der Waals surface area contributed by atoms with Crippen LogP contribution >= 0.6 is 15.9 Å². The third-order valence-corrected chi connectivity index (χ3v) is 1.87. The summed E-state index contributed by atoms with van der Waals surface area (Å²) in [4.78, 5) is 0. The van der Waals surface area contributed by atoms with Crippen molar-refractivity contribution in [1.82, 2.24) is 0 Å². The first kappa shape index (κ1) is 7.55. The van der Waals surface area contributed by atoms with E-state index in [1.165, 1.54) is 5.57 Å². The highest BCUT2D eigenvalue weighted by molar-refractivity contribution is 9.09. The van der Waals surface area contributed by atoms with E-state index in [0.717, 1.165) is 5.33 Å². The lowest BCUT2D eigenvalue weighted by Crippen LogP contribution is -1.77. The van der Waals surface area contributed by atoms with Crippen LogP contribution in [0.25, 0.3) is 0 Å². The zero-order valence-electron chi connectivity index (χ0n) is 5.63. The Morgan fingerprint density at radius 2 is 1.70 bits per heavy atom. The van der Waals surface area contributed by atoms with E-state index in [2.05, 4.69) is 28.1 Å². The SMILES string of the molecule is BrCC1=CC=CC=CC=C1. The summed E-state index contributed by atoms with van der Waals surface area (Å²) in [5, 5.41) is 0.918. The summed E-state index contributed by atoms with van der Waals surface area (Å²) in [6.07, 6.45) is 14.3. The average Bonchev–Trinajstić information content (AvgIpc) is 1.87. The lowest BCUT2D eigenvalue weighted by molar-refractivity contribution is 1.55. The number of hydrogen-bond donors (Lipinski definition) is 0. The van der Waals surface area contributed by atoms with Crippen LogP contribution in [0.1, 0.15) is 0 Å². The second kappa shape index (κ2) is 4.29. The molecule has 1 rings (SSSR count). The Morgan fingerprint density at radius 1 is 1.00 bits per heavy atom. The first-order chi connectivity index (χ1) is 4.93. The van der Waals surface area contributed by atoms with Crippen molar-refractivity contribution >= 4 is 15.9 Å². The number of allylic oxidation sites excluding steroid dienone is 8. The highest BCUT2D eigenvalue weighted by Gasteiger charge is 1.85. The van der Waals surface area contributed by atoms with Crippen molar-refractivity contribution in [2.45, 2.75) is 0 Å². The molecule has 0 aromatic carbocycles. The zero-order chi connectivity index (χ0) is 7.23. The summed E-state index contributed by atoms with van der Waals surface area (Å²) >= 11 is 3.39. The third-order valence-electron chi connectivity index (χ3n) is 1.22. The molecule has 0 amide bonds. The highest BCUT2D eigenvalue weighted by Crippen LogP contribution is 2.03. The van der Waals surface area contributed by atoms with Gasteiger partial charge < -0.3 is 0 Å². The molecule has 1 aliphatic rings. The number of alkyl halides is 1. The molecule has 0 N–H and O–H groups in total. The molecule has 0 aromatic rings. The van der Waals surface area contributed by atoms with Gasteiger partial charge in [-0.1, -0.05) is 58.5 Å². The largest absolute Gasteiger partial charge is 0.0876 e. The van der Waals surface area contributed by atoms with Crippen LogP contribution in [0.5, 0.6) is 0 Å². The predicted octanol–water partition coefficient (Wildman–Crippen LogP) is 2.99. The van der Waals surface area contributed by atoms with E-state index in [9.17, 15) is 0 Å². The van der Waals surface area contributed by atoms with Gasteiger partial charge in [0.15, 0.2) is 0 Å². The molecule has 0 unspecified atom stereocenters. The van der Waals surface area contributed by atoms with Crippen LogP contribution in [-0.2, 0) is 0 Å².